The van der Waals surface area contributed by atoms with Crippen LogP contribution >= 0.6 is 0 Å². The summed E-state index contributed by atoms with van der Waals surface area (Å²) in [4.78, 5) is 28.1. The van der Waals surface area contributed by atoms with Crippen molar-refractivity contribution >= 4 is 33.3 Å². The Kier molecular flexibility index (Phi) is 9.89. The Morgan fingerprint density at radius 2 is 1.81 bits per heavy atom. The van der Waals surface area contributed by atoms with Crippen molar-refractivity contribution in [2.75, 3.05) is 44.5 Å². The predicted octanol–water partition coefficient (Wildman–Crippen LogP) is 4.02. The third-order valence-electron chi connectivity index (χ3n) is 7.25. The average molecular weight is 615 g/mol. The maximum Gasteiger partial charge on any atom is 0.323 e. The van der Waals surface area contributed by atoms with Crippen LogP contribution in [0.15, 0.2) is 71.6 Å². The Morgan fingerprint density at radius 1 is 1.14 bits per heavy atom. The molecule has 0 fully saturated rings. The van der Waals surface area contributed by atoms with Gasteiger partial charge in [-0.15, -0.1) is 0 Å². The molecule has 1 aliphatic heterocycles. The predicted molar refractivity (Wildman–Crippen MR) is 159 cm³/mol. The standard InChI is InChI=1S/C30H35FN4O7S/c1-19-16-35(20(2)18-36)29(37)25-6-5-7-26(33-30(38)32-22-10-8-21(31)9-11-22)28(25)42-27(19)17-34(3)43(39,40)24-14-12-23(41-4)13-15-24/h5-15,19-20,27,36H,16-18H2,1-4H3,(H2,32,33,38)/t19-,20-,27-/m1/s1. The second-order valence-corrected chi connectivity index (χ2v) is 12.4. The van der Waals surface area contributed by atoms with Gasteiger partial charge in [-0.2, -0.15) is 4.31 Å². The van der Waals surface area contributed by atoms with E-state index in [1.54, 1.807) is 37.3 Å². The zero-order chi connectivity index (χ0) is 31.3. The number of urea groups is 1. The van der Waals surface area contributed by atoms with Crippen molar-refractivity contribution in [3.8, 4) is 11.5 Å². The van der Waals surface area contributed by atoms with E-state index in [4.69, 9.17) is 9.47 Å². The molecule has 0 aliphatic carbocycles. The molecule has 3 atom stereocenters. The second-order valence-electron chi connectivity index (χ2n) is 10.4. The number of likely N-dealkylation sites (N-methyl/N-ethyl adjacent to an activating group) is 1. The van der Waals surface area contributed by atoms with Crippen molar-refractivity contribution in [2.45, 2.75) is 30.9 Å². The van der Waals surface area contributed by atoms with Gasteiger partial charge in [-0.1, -0.05) is 13.0 Å². The van der Waals surface area contributed by atoms with Gasteiger partial charge in [0.05, 0.1) is 42.4 Å². The number of para-hydroxylation sites is 1. The van der Waals surface area contributed by atoms with E-state index in [9.17, 15) is 27.5 Å². The summed E-state index contributed by atoms with van der Waals surface area (Å²) in [7, 11) is -0.999. The van der Waals surface area contributed by atoms with Gasteiger partial charge in [0.1, 0.15) is 17.7 Å². The van der Waals surface area contributed by atoms with Crippen molar-refractivity contribution < 1.29 is 37.0 Å². The molecule has 230 valence electrons. The van der Waals surface area contributed by atoms with Crippen molar-refractivity contribution in [3.05, 3.63) is 78.1 Å². The Bertz CT molecular complexity index is 1550. The van der Waals surface area contributed by atoms with Gasteiger partial charge in [-0.25, -0.2) is 17.6 Å². The molecular formula is C30H35FN4O7S. The summed E-state index contributed by atoms with van der Waals surface area (Å²) in [5.41, 5.74) is 0.647. The monoisotopic (exact) mass is 614 g/mol. The zero-order valence-electron chi connectivity index (χ0n) is 24.3. The van der Waals surface area contributed by atoms with E-state index >= 15 is 0 Å². The van der Waals surface area contributed by atoms with Crippen LogP contribution in [0.2, 0.25) is 0 Å². The summed E-state index contributed by atoms with van der Waals surface area (Å²) >= 11 is 0. The number of sulfonamides is 1. The highest BCUT2D eigenvalue weighted by molar-refractivity contribution is 7.89. The maximum atomic E-state index is 13.7. The number of rotatable bonds is 9. The topological polar surface area (TPSA) is 138 Å². The lowest BCUT2D eigenvalue weighted by molar-refractivity contribution is 0.0389. The minimum absolute atomic E-state index is 0.0590. The lowest BCUT2D eigenvalue weighted by Gasteiger charge is -2.38. The van der Waals surface area contributed by atoms with Crippen molar-refractivity contribution in [1.29, 1.82) is 0 Å². The first kappa shape index (κ1) is 31.7. The number of aliphatic hydroxyl groups is 1. The van der Waals surface area contributed by atoms with Crippen molar-refractivity contribution in [3.63, 3.8) is 0 Å². The number of aliphatic hydroxyl groups excluding tert-OH is 1. The molecule has 13 heteroatoms. The van der Waals surface area contributed by atoms with Crippen LogP contribution in [-0.4, -0.2) is 80.7 Å². The summed E-state index contributed by atoms with van der Waals surface area (Å²) in [6.45, 7) is 3.35. The molecule has 1 aliphatic rings. The molecule has 0 unspecified atom stereocenters. The number of ether oxygens (including phenoxy) is 2. The molecule has 0 saturated heterocycles. The molecule has 3 N–H and O–H groups in total. The number of carbonyl (C=O) groups excluding carboxylic acids is 2. The highest BCUT2D eigenvalue weighted by atomic mass is 32.2. The zero-order valence-corrected chi connectivity index (χ0v) is 25.1. The first-order valence-corrected chi connectivity index (χ1v) is 15.0. The van der Waals surface area contributed by atoms with Gasteiger partial charge < -0.3 is 30.1 Å². The van der Waals surface area contributed by atoms with Gasteiger partial charge in [-0.3, -0.25) is 4.79 Å². The van der Waals surface area contributed by atoms with Gasteiger partial charge in [0.2, 0.25) is 10.0 Å². The number of carbonyl (C=O) groups is 2. The number of benzene rings is 3. The number of nitrogens with one attached hydrogen (secondary N) is 2. The van der Waals surface area contributed by atoms with E-state index in [1.807, 2.05) is 6.92 Å². The van der Waals surface area contributed by atoms with Gasteiger partial charge in [-0.05, 0) is 67.6 Å². The number of fused-ring (bicyclic) bond motifs is 1. The molecule has 0 saturated carbocycles. The Hall–Kier alpha value is -4.20. The molecule has 43 heavy (non-hydrogen) atoms. The summed E-state index contributed by atoms with van der Waals surface area (Å²) in [6.07, 6.45) is -0.763. The van der Waals surface area contributed by atoms with Crippen LogP contribution in [-0.2, 0) is 10.0 Å². The fraction of sp³-hybridized carbons (Fsp3) is 0.333. The number of hydrogen-bond acceptors (Lipinski definition) is 7. The number of anilines is 2. The number of amides is 3. The molecule has 0 bridgehead atoms. The summed E-state index contributed by atoms with van der Waals surface area (Å²) < 4.78 is 52.9. The molecule has 0 radical (unpaired) electrons. The summed E-state index contributed by atoms with van der Waals surface area (Å²) in [5, 5.41) is 15.2. The lowest BCUT2D eigenvalue weighted by Crippen LogP contribution is -2.50. The van der Waals surface area contributed by atoms with Crippen LogP contribution in [0.5, 0.6) is 11.5 Å². The average Bonchev–Trinajstić information content (AvgIpc) is 2.99. The van der Waals surface area contributed by atoms with E-state index in [0.717, 1.165) is 0 Å². The molecule has 11 nitrogen and oxygen atoms in total. The van der Waals surface area contributed by atoms with Crippen LogP contribution in [0.1, 0.15) is 24.2 Å². The lowest BCUT2D eigenvalue weighted by atomic mass is 9.99. The highest BCUT2D eigenvalue weighted by Gasteiger charge is 2.36. The fourth-order valence-corrected chi connectivity index (χ4v) is 5.84. The van der Waals surface area contributed by atoms with Gasteiger partial charge >= 0.3 is 6.03 Å². The molecular weight excluding hydrogens is 579 g/mol. The number of methoxy groups -OCH3 is 1. The Balaban J connectivity index is 1.67. The van der Waals surface area contributed by atoms with E-state index < -0.39 is 39.9 Å². The maximum absolute atomic E-state index is 13.7. The number of halogens is 1. The molecule has 0 aromatic heterocycles. The SMILES string of the molecule is COc1ccc(S(=O)(=O)N(C)C[C@H]2Oc3c(NC(=O)Nc4ccc(F)cc4)cccc3C(=O)N([C@H](C)CO)C[C@H]2C)cc1. The van der Waals surface area contributed by atoms with Crippen LogP contribution in [0.3, 0.4) is 0 Å². The third kappa shape index (κ3) is 7.24. The third-order valence-corrected chi connectivity index (χ3v) is 9.08. The van der Waals surface area contributed by atoms with E-state index in [2.05, 4.69) is 10.6 Å². The van der Waals surface area contributed by atoms with E-state index in [0.29, 0.717) is 11.4 Å². The smallest absolute Gasteiger partial charge is 0.323 e. The van der Waals surface area contributed by atoms with E-state index in [-0.39, 0.29) is 47.5 Å². The summed E-state index contributed by atoms with van der Waals surface area (Å²) in [6, 6.07) is 14.7. The summed E-state index contributed by atoms with van der Waals surface area (Å²) in [5.74, 6) is -0.683. The van der Waals surface area contributed by atoms with Crippen molar-refractivity contribution in [2.24, 2.45) is 5.92 Å². The molecule has 4 rings (SSSR count). The number of nitrogens with zero attached hydrogens (tertiary/aromatic N) is 2. The van der Waals surface area contributed by atoms with Crippen LogP contribution in [0.25, 0.3) is 0 Å². The molecule has 3 amide bonds. The fourth-order valence-electron chi connectivity index (χ4n) is 4.66. The van der Waals surface area contributed by atoms with Crippen LogP contribution < -0.4 is 20.1 Å². The normalized spacial score (nSPS) is 17.7. The first-order valence-electron chi connectivity index (χ1n) is 13.6. The molecule has 3 aromatic carbocycles. The van der Waals surface area contributed by atoms with Gasteiger partial charge in [0.25, 0.3) is 5.91 Å². The first-order chi connectivity index (χ1) is 20.4. The molecule has 0 spiro atoms. The number of hydrogen-bond donors (Lipinski definition) is 3. The highest BCUT2D eigenvalue weighted by Crippen LogP contribution is 2.35. The second kappa shape index (κ2) is 13.4. The largest absolute Gasteiger partial charge is 0.497 e. The Morgan fingerprint density at radius 3 is 2.44 bits per heavy atom. The van der Waals surface area contributed by atoms with Gasteiger partial charge in [0.15, 0.2) is 5.75 Å². The van der Waals surface area contributed by atoms with E-state index in [1.165, 1.54) is 59.8 Å². The Labute approximate surface area is 250 Å². The quantitative estimate of drug-likeness (QED) is 0.331. The minimum Gasteiger partial charge on any atom is -0.497 e. The van der Waals surface area contributed by atoms with Crippen LogP contribution in [0.4, 0.5) is 20.6 Å². The molecule has 3 aromatic rings. The van der Waals surface area contributed by atoms with Crippen molar-refractivity contribution in [1.82, 2.24) is 9.21 Å². The van der Waals surface area contributed by atoms with Crippen LogP contribution in [0, 0.1) is 11.7 Å². The minimum atomic E-state index is -3.93. The van der Waals surface area contributed by atoms with Gasteiger partial charge in [0, 0.05) is 25.2 Å². The molecule has 1 heterocycles.